The van der Waals surface area contributed by atoms with Crippen LogP contribution in [0.3, 0.4) is 0 Å². The lowest BCUT2D eigenvalue weighted by atomic mass is 10.2. The van der Waals surface area contributed by atoms with Gasteiger partial charge < -0.3 is 24.4 Å². The van der Waals surface area contributed by atoms with Crippen LogP contribution in [-0.2, 0) is 11.3 Å². The summed E-state index contributed by atoms with van der Waals surface area (Å²) in [6, 6.07) is 12.6. The molecule has 8 heteroatoms. The molecule has 0 unspecified atom stereocenters. The molecule has 0 spiro atoms. The van der Waals surface area contributed by atoms with Crippen molar-refractivity contribution in [2.45, 2.75) is 6.54 Å². The van der Waals surface area contributed by atoms with Crippen LogP contribution in [0, 0.1) is 0 Å². The molecular formula is C21H25N3O5. The lowest BCUT2D eigenvalue weighted by Crippen LogP contribution is -2.39. The van der Waals surface area contributed by atoms with Crippen LogP contribution in [0.25, 0.3) is 0 Å². The molecule has 0 aromatic heterocycles. The summed E-state index contributed by atoms with van der Waals surface area (Å²) >= 11 is 0. The van der Waals surface area contributed by atoms with E-state index in [1.54, 1.807) is 44.4 Å². The van der Waals surface area contributed by atoms with Crippen LogP contribution in [0.2, 0.25) is 0 Å². The number of urea groups is 1. The van der Waals surface area contributed by atoms with Gasteiger partial charge in [-0.15, -0.1) is 0 Å². The maximum atomic E-state index is 12.8. The van der Waals surface area contributed by atoms with Crippen LogP contribution in [0.15, 0.2) is 42.5 Å². The van der Waals surface area contributed by atoms with E-state index in [1.165, 1.54) is 4.90 Å². The highest BCUT2D eigenvalue weighted by Crippen LogP contribution is 2.32. The number of nitrogens with one attached hydrogen (secondary N) is 1. The number of hydrogen-bond acceptors (Lipinski definition) is 5. The molecule has 0 radical (unpaired) electrons. The molecule has 1 fully saturated rings. The largest absolute Gasteiger partial charge is 0.496 e. The Kier molecular flexibility index (Phi) is 6.43. The summed E-state index contributed by atoms with van der Waals surface area (Å²) in [5, 5.41) is 2.84. The van der Waals surface area contributed by atoms with E-state index in [0.717, 1.165) is 5.56 Å². The molecule has 2 aromatic carbocycles. The van der Waals surface area contributed by atoms with Crippen molar-refractivity contribution in [1.29, 1.82) is 0 Å². The molecule has 1 saturated heterocycles. The van der Waals surface area contributed by atoms with E-state index >= 15 is 0 Å². The molecule has 1 heterocycles. The van der Waals surface area contributed by atoms with Gasteiger partial charge in [0, 0.05) is 37.0 Å². The minimum atomic E-state index is -0.224. The van der Waals surface area contributed by atoms with Crippen LogP contribution in [0.4, 0.5) is 10.5 Å². The second kappa shape index (κ2) is 9.18. The predicted octanol–water partition coefficient (Wildman–Crippen LogP) is 2.27. The number of carbonyl (C=O) groups excluding carboxylic acids is 2. The van der Waals surface area contributed by atoms with Crippen LogP contribution < -0.4 is 24.4 Å². The molecular weight excluding hydrogens is 374 g/mol. The van der Waals surface area contributed by atoms with E-state index < -0.39 is 0 Å². The lowest BCUT2D eigenvalue weighted by Gasteiger charge is -2.19. The first-order valence-corrected chi connectivity index (χ1v) is 9.24. The molecule has 1 aliphatic heterocycles. The molecule has 8 nitrogen and oxygen atoms in total. The zero-order valence-corrected chi connectivity index (χ0v) is 16.8. The molecule has 154 valence electrons. The molecule has 0 aliphatic carbocycles. The van der Waals surface area contributed by atoms with Crippen molar-refractivity contribution in [3.8, 4) is 17.2 Å². The van der Waals surface area contributed by atoms with Gasteiger partial charge in [-0.2, -0.15) is 0 Å². The average molecular weight is 399 g/mol. The first kappa shape index (κ1) is 20.3. The Bertz CT molecular complexity index is 886. The van der Waals surface area contributed by atoms with E-state index in [9.17, 15) is 9.59 Å². The van der Waals surface area contributed by atoms with E-state index in [4.69, 9.17) is 14.2 Å². The Labute approximate surface area is 170 Å². The number of hydrogen-bond donors (Lipinski definition) is 1. The van der Waals surface area contributed by atoms with Crippen molar-refractivity contribution in [2.75, 3.05) is 45.9 Å². The smallest absolute Gasteiger partial charge is 0.325 e. The van der Waals surface area contributed by atoms with E-state index in [0.29, 0.717) is 42.6 Å². The molecule has 3 rings (SSSR count). The quantitative estimate of drug-likeness (QED) is 0.737. The summed E-state index contributed by atoms with van der Waals surface area (Å²) in [7, 11) is 4.70. The van der Waals surface area contributed by atoms with Crippen molar-refractivity contribution in [1.82, 2.24) is 10.2 Å². The van der Waals surface area contributed by atoms with Crippen LogP contribution in [0.5, 0.6) is 17.2 Å². The Morgan fingerprint density at radius 1 is 0.966 bits per heavy atom. The lowest BCUT2D eigenvalue weighted by molar-refractivity contribution is -0.121. The first-order valence-electron chi connectivity index (χ1n) is 9.24. The summed E-state index contributed by atoms with van der Waals surface area (Å²) in [5.41, 5.74) is 1.58. The maximum absolute atomic E-state index is 12.8. The Balaban J connectivity index is 1.59. The second-order valence-corrected chi connectivity index (χ2v) is 6.48. The molecule has 0 saturated carbocycles. The molecule has 3 amide bonds. The fourth-order valence-electron chi connectivity index (χ4n) is 3.23. The maximum Gasteiger partial charge on any atom is 0.325 e. The van der Waals surface area contributed by atoms with Crippen molar-refractivity contribution in [3.63, 3.8) is 0 Å². The predicted molar refractivity (Wildman–Crippen MR) is 109 cm³/mol. The number of para-hydroxylation sites is 1. The van der Waals surface area contributed by atoms with Gasteiger partial charge in [-0.1, -0.05) is 18.2 Å². The van der Waals surface area contributed by atoms with Crippen molar-refractivity contribution in [2.24, 2.45) is 0 Å². The van der Waals surface area contributed by atoms with Gasteiger partial charge >= 0.3 is 6.03 Å². The van der Waals surface area contributed by atoms with Crippen molar-refractivity contribution in [3.05, 3.63) is 48.0 Å². The number of methoxy groups -OCH3 is 3. The van der Waals surface area contributed by atoms with E-state index in [2.05, 4.69) is 5.32 Å². The highest BCUT2D eigenvalue weighted by Gasteiger charge is 2.31. The first-order chi connectivity index (χ1) is 14.1. The van der Waals surface area contributed by atoms with Gasteiger partial charge in [0.05, 0.1) is 21.3 Å². The van der Waals surface area contributed by atoms with Gasteiger partial charge in [-0.25, -0.2) is 4.79 Å². The Hall–Kier alpha value is -3.42. The third kappa shape index (κ3) is 4.53. The normalized spacial score (nSPS) is 13.4. The molecule has 0 atom stereocenters. The highest BCUT2D eigenvalue weighted by molar-refractivity contribution is 5.96. The number of nitrogens with zero attached hydrogens (tertiary/aromatic N) is 2. The fourth-order valence-corrected chi connectivity index (χ4v) is 3.23. The van der Waals surface area contributed by atoms with Gasteiger partial charge in [0.2, 0.25) is 5.91 Å². The summed E-state index contributed by atoms with van der Waals surface area (Å²) in [4.78, 5) is 28.2. The topological polar surface area (TPSA) is 80.3 Å². The van der Waals surface area contributed by atoms with Gasteiger partial charge in [0.15, 0.2) is 11.5 Å². The second-order valence-electron chi connectivity index (χ2n) is 6.48. The fraction of sp³-hybridized carbons (Fsp3) is 0.333. The average Bonchev–Trinajstić information content (AvgIpc) is 3.11. The molecule has 29 heavy (non-hydrogen) atoms. The SMILES string of the molecule is COc1ccccc1CNC(=O)CN1CCN(c2ccc(OC)c(OC)c2)C1=O. The summed E-state index contributed by atoms with van der Waals surface area (Å²) in [6.07, 6.45) is 0. The molecule has 0 bridgehead atoms. The van der Waals surface area contributed by atoms with Crippen molar-refractivity contribution < 1.29 is 23.8 Å². The zero-order valence-electron chi connectivity index (χ0n) is 16.8. The van der Waals surface area contributed by atoms with Crippen LogP contribution in [0.1, 0.15) is 5.56 Å². The van der Waals surface area contributed by atoms with Crippen LogP contribution in [-0.4, -0.2) is 57.8 Å². The molecule has 1 aliphatic rings. The molecule has 2 aromatic rings. The Morgan fingerprint density at radius 2 is 1.69 bits per heavy atom. The van der Waals surface area contributed by atoms with Crippen molar-refractivity contribution >= 4 is 17.6 Å². The number of rotatable bonds is 8. The number of benzene rings is 2. The van der Waals surface area contributed by atoms with Gasteiger partial charge in [0.1, 0.15) is 12.3 Å². The zero-order chi connectivity index (χ0) is 20.8. The third-order valence-corrected chi connectivity index (χ3v) is 4.78. The molecule has 1 N–H and O–H groups in total. The minimum absolute atomic E-state index is 0.00221. The summed E-state index contributed by atoms with van der Waals surface area (Å²) in [5.74, 6) is 1.63. The summed E-state index contributed by atoms with van der Waals surface area (Å²) < 4.78 is 15.8. The standard InChI is InChI=1S/C21H25N3O5/c1-27-17-7-5-4-6-15(17)13-22-20(25)14-23-10-11-24(21(23)26)16-8-9-18(28-2)19(12-16)29-3/h4-9,12H,10-11,13-14H2,1-3H3,(H,22,25). The van der Waals surface area contributed by atoms with E-state index in [-0.39, 0.29) is 18.5 Å². The number of amides is 3. The summed E-state index contributed by atoms with van der Waals surface area (Å²) in [6.45, 7) is 1.30. The van der Waals surface area contributed by atoms with Gasteiger partial charge in [-0.05, 0) is 18.2 Å². The number of carbonyl (C=O) groups is 2. The number of anilines is 1. The number of ether oxygens (including phenoxy) is 3. The highest BCUT2D eigenvalue weighted by atomic mass is 16.5. The Morgan fingerprint density at radius 3 is 2.41 bits per heavy atom. The third-order valence-electron chi connectivity index (χ3n) is 4.78. The van der Waals surface area contributed by atoms with Gasteiger partial charge in [-0.3, -0.25) is 9.69 Å². The van der Waals surface area contributed by atoms with E-state index in [1.807, 2.05) is 24.3 Å². The minimum Gasteiger partial charge on any atom is -0.496 e. The van der Waals surface area contributed by atoms with Gasteiger partial charge in [0.25, 0.3) is 0 Å². The monoisotopic (exact) mass is 399 g/mol. The van der Waals surface area contributed by atoms with Crippen LogP contribution >= 0.6 is 0 Å².